The lowest BCUT2D eigenvalue weighted by Gasteiger charge is -2.45. The fourth-order valence-electron chi connectivity index (χ4n) is 4.61. The lowest BCUT2D eigenvalue weighted by Crippen LogP contribution is -2.45. The molecular weight excluding hydrogens is 416 g/mol. The van der Waals surface area contributed by atoms with Gasteiger partial charge in [-0.25, -0.2) is 9.69 Å². The molecule has 2 heterocycles. The summed E-state index contributed by atoms with van der Waals surface area (Å²) in [7, 11) is 2.10. The van der Waals surface area contributed by atoms with Crippen LogP contribution in [0.25, 0.3) is 6.08 Å². The molecule has 7 nitrogen and oxygen atoms in total. The number of carbonyl (C=O) groups is 3. The van der Waals surface area contributed by atoms with E-state index in [1.54, 1.807) is 12.1 Å². The van der Waals surface area contributed by atoms with E-state index in [0.29, 0.717) is 11.6 Å². The molecule has 1 fully saturated rings. The van der Waals surface area contributed by atoms with Gasteiger partial charge in [-0.05, 0) is 74.1 Å². The van der Waals surface area contributed by atoms with Crippen molar-refractivity contribution in [1.29, 1.82) is 0 Å². The van der Waals surface area contributed by atoms with E-state index in [9.17, 15) is 14.4 Å². The van der Waals surface area contributed by atoms with Crippen LogP contribution in [0.1, 0.15) is 49.8 Å². The van der Waals surface area contributed by atoms with Crippen molar-refractivity contribution in [3.8, 4) is 0 Å². The molecule has 0 spiro atoms. The van der Waals surface area contributed by atoms with Gasteiger partial charge in [-0.15, -0.1) is 0 Å². The molecule has 2 aliphatic heterocycles. The second kappa shape index (κ2) is 8.39. The average molecular weight is 447 g/mol. The van der Waals surface area contributed by atoms with E-state index >= 15 is 0 Å². The largest absolute Gasteiger partial charge is 0.369 e. The van der Waals surface area contributed by atoms with Crippen LogP contribution in [-0.2, 0) is 9.59 Å². The summed E-state index contributed by atoms with van der Waals surface area (Å²) in [5.41, 5.74) is 5.03. The van der Waals surface area contributed by atoms with Crippen molar-refractivity contribution in [3.05, 3.63) is 64.9 Å². The first kappa shape index (κ1) is 22.6. The van der Waals surface area contributed by atoms with Gasteiger partial charge in [0.2, 0.25) is 5.91 Å². The van der Waals surface area contributed by atoms with Crippen molar-refractivity contribution in [2.75, 3.05) is 23.8 Å². The maximum Gasteiger partial charge on any atom is 0.329 e. The number of benzene rings is 2. The highest BCUT2D eigenvalue weighted by Crippen LogP contribution is 2.42. The Morgan fingerprint density at radius 2 is 1.94 bits per heavy atom. The van der Waals surface area contributed by atoms with Gasteiger partial charge in [0.05, 0.1) is 0 Å². The topological polar surface area (TPSA) is 81.8 Å². The van der Waals surface area contributed by atoms with Gasteiger partial charge < -0.3 is 15.5 Å². The van der Waals surface area contributed by atoms with Gasteiger partial charge in [-0.2, -0.15) is 0 Å². The molecule has 0 saturated carbocycles. The number of carbonyl (C=O) groups excluding carboxylic acids is 3. The SMILES string of the molecule is Cc1ccccc1NC(=O)CN1C(=O)N/C(=C/c2ccc3c(c2)C(C)CC(C)(C)N3C)C1=O. The van der Waals surface area contributed by atoms with Gasteiger partial charge in [0.15, 0.2) is 0 Å². The van der Waals surface area contributed by atoms with Gasteiger partial charge >= 0.3 is 6.03 Å². The highest BCUT2D eigenvalue weighted by Gasteiger charge is 2.36. The van der Waals surface area contributed by atoms with Crippen molar-refractivity contribution in [2.24, 2.45) is 0 Å². The lowest BCUT2D eigenvalue weighted by atomic mass is 9.80. The van der Waals surface area contributed by atoms with E-state index in [4.69, 9.17) is 0 Å². The van der Waals surface area contributed by atoms with Gasteiger partial charge in [0, 0.05) is 24.0 Å². The number of nitrogens with one attached hydrogen (secondary N) is 2. The Morgan fingerprint density at radius 3 is 2.67 bits per heavy atom. The number of para-hydroxylation sites is 1. The van der Waals surface area contributed by atoms with E-state index in [2.05, 4.69) is 55.5 Å². The summed E-state index contributed by atoms with van der Waals surface area (Å²) in [6, 6.07) is 12.8. The zero-order chi connectivity index (χ0) is 23.9. The summed E-state index contributed by atoms with van der Waals surface area (Å²) in [6.45, 7) is 8.21. The molecule has 4 rings (SSSR count). The van der Waals surface area contributed by atoms with Crippen LogP contribution in [0, 0.1) is 6.92 Å². The van der Waals surface area contributed by atoms with Crippen LogP contribution in [0.2, 0.25) is 0 Å². The highest BCUT2D eigenvalue weighted by atomic mass is 16.2. The number of urea groups is 1. The molecule has 0 aliphatic carbocycles. The Hall–Kier alpha value is -3.61. The zero-order valence-electron chi connectivity index (χ0n) is 19.7. The van der Waals surface area contributed by atoms with Crippen LogP contribution >= 0.6 is 0 Å². The molecule has 0 radical (unpaired) electrons. The van der Waals surface area contributed by atoms with Crippen LogP contribution in [0.15, 0.2) is 48.2 Å². The van der Waals surface area contributed by atoms with Crippen LogP contribution < -0.4 is 15.5 Å². The molecule has 2 aliphatic rings. The number of hydrogen-bond donors (Lipinski definition) is 2. The first-order valence-corrected chi connectivity index (χ1v) is 11.1. The second-order valence-corrected chi connectivity index (χ2v) is 9.54. The number of rotatable bonds is 4. The van der Waals surface area contributed by atoms with E-state index in [0.717, 1.165) is 22.4 Å². The summed E-state index contributed by atoms with van der Waals surface area (Å²) in [5.74, 6) is -0.564. The predicted molar refractivity (Wildman–Crippen MR) is 130 cm³/mol. The number of aryl methyl sites for hydroxylation is 1. The third-order valence-electron chi connectivity index (χ3n) is 6.65. The Labute approximate surface area is 194 Å². The van der Waals surface area contributed by atoms with E-state index in [1.165, 1.54) is 11.3 Å². The van der Waals surface area contributed by atoms with Crippen molar-refractivity contribution < 1.29 is 14.4 Å². The molecule has 7 heteroatoms. The summed E-state index contributed by atoms with van der Waals surface area (Å²) < 4.78 is 0. The first-order valence-electron chi connectivity index (χ1n) is 11.1. The normalized spacial score (nSPS) is 20.6. The summed E-state index contributed by atoms with van der Waals surface area (Å²) in [4.78, 5) is 40.9. The molecule has 2 aromatic rings. The minimum atomic E-state index is -0.598. The number of imide groups is 1. The predicted octanol–water partition coefficient (Wildman–Crippen LogP) is 4.25. The van der Waals surface area contributed by atoms with Crippen LogP contribution in [0.4, 0.5) is 16.2 Å². The number of fused-ring (bicyclic) bond motifs is 1. The molecule has 172 valence electrons. The fraction of sp³-hybridized carbons (Fsp3) is 0.346. The maximum absolute atomic E-state index is 12.9. The molecule has 4 amide bonds. The fourth-order valence-corrected chi connectivity index (χ4v) is 4.61. The van der Waals surface area contributed by atoms with Crippen LogP contribution in [0.5, 0.6) is 0 Å². The molecule has 0 aromatic heterocycles. The monoisotopic (exact) mass is 446 g/mol. The first-order chi connectivity index (χ1) is 15.6. The molecular formula is C26H30N4O3. The molecule has 1 saturated heterocycles. The van der Waals surface area contributed by atoms with Crippen LogP contribution in [-0.4, -0.2) is 41.9 Å². The second-order valence-electron chi connectivity index (χ2n) is 9.54. The summed E-state index contributed by atoms with van der Waals surface area (Å²) in [5, 5.41) is 5.36. The number of hydrogen-bond acceptors (Lipinski definition) is 4. The van der Waals surface area contributed by atoms with Gasteiger partial charge in [0.25, 0.3) is 5.91 Å². The third kappa shape index (κ3) is 4.35. The van der Waals surface area contributed by atoms with E-state index < -0.39 is 17.8 Å². The Balaban J connectivity index is 1.51. The minimum Gasteiger partial charge on any atom is -0.369 e. The minimum absolute atomic E-state index is 0.0706. The molecule has 2 N–H and O–H groups in total. The number of nitrogens with zero attached hydrogens (tertiary/aromatic N) is 2. The standard InChI is InChI=1S/C26H30N4O3/c1-16-8-6-7-9-20(16)27-23(31)15-30-24(32)21(28-25(30)33)13-18-10-11-22-19(12-18)17(2)14-26(3,4)29(22)5/h6-13,17H,14-15H2,1-5H3,(H,27,31)(H,28,33)/b21-13+. The zero-order valence-corrected chi connectivity index (χ0v) is 19.7. The Morgan fingerprint density at radius 1 is 1.21 bits per heavy atom. The van der Waals surface area contributed by atoms with E-state index in [-0.39, 0.29) is 17.8 Å². The molecule has 1 atom stereocenters. The van der Waals surface area contributed by atoms with Crippen molar-refractivity contribution >= 4 is 35.3 Å². The Bertz CT molecular complexity index is 1170. The lowest BCUT2D eigenvalue weighted by molar-refractivity contribution is -0.127. The quantitative estimate of drug-likeness (QED) is 0.543. The maximum atomic E-state index is 12.9. The third-order valence-corrected chi connectivity index (χ3v) is 6.65. The molecule has 2 aromatic carbocycles. The summed E-state index contributed by atoms with van der Waals surface area (Å²) in [6.07, 6.45) is 2.70. The molecule has 0 bridgehead atoms. The van der Waals surface area contributed by atoms with Crippen molar-refractivity contribution in [2.45, 2.75) is 45.6 Å². The van der Waals surface area contributed by atoms with Crippen molar-refractivity contribution in [3.63, 3.8) is 0 Å². The van der Waals surface area contributed by atoms with Crippen LogP contribution in [0.3, 0.4) is 0 Å². The molecule has 33 heavy (non-hydrogen) atoms. The number of amides is 4. The van der Waals surface area contributed by atoms with Gasteiger partial charge in [0.1, 0.15) is 12.2 Å². The number of anilines is 2. The summed E-state index contributed by atoms with van der Waals surface area (Å²) >= 11 is 0. The smallest absolute Gasteiger partial charge is 0.329 e. The van der Waals surface area contributed by atoms with Gasteiger partial charge in [-0.1, -0.05) is 31.2 Å². The van der Waals surface area contributed by atoms with E-state index in [1.807, 2.05) is 31.2 Å². The Kier molecular flexibility index (Phi) is 5.74. The van der Waals surface area contributed by atoms with Crippen molar-refractivity contribution in [1.82, 2.24) is 10.2 Å². The molecule has 1 unspecified atom stereocenters. The average Bonchev–Trinajstić information content (AvgIpc) is 3.01. The highest BCUT2D eigenvalue weighted by molar-refractivity contribution is 6.16. The van der Waals surface area contributed by atoms with Gasteiger partial charge in [-0.3, -0.25) is 9.59 Å².